The Balaban J connectivity index is 1.24. The van der Waals surface area contributed by atoms with E-state index < -0.39 is 5.41 Å². The zero-order chi connectivity index (χ0) is 37.8. The summed E-state index contributed by atoms with van der Waals surface area (Å²) in [6.07, 6.45) is 0. The maximum absolute atomic E-state index is 5.52. The van der Waals surface area contributed by atoms with Crippen LogP contribution in [-0.2, 0) is 5.41 Å². The van der Waals surface area contributed by atoms with Crippen LogP contribution in [0, 0.1) is 0 Å². The fraction of sp³-hybridized carbons (Fsp3) is 0.0185. The van der Waals surface area contributed by atoms with Crippen molar-refractivity contribution in [2.24, 2.45) is 0 Å². The average molecular weight is 728 g/mol. The van der Waals surface area contributed by atoms with Crippen molar-refractivity contribution < 1.29 is 0 Å². The fourth-order valence-corrected chi connectivity index (χ4v) is 9.27. The van der Waals surface area contributed by atoms with E-state index in [0.717, 1.165) is 56.6 Å². The quantitative estimate of drug-likeness (QED) is 0.170. The van der Waals surface area contributed by atoms with Crippen molar-refractivity contribution in [2.45, 2.75) is 5.41 Å². The SMILES string of the molecule is c1ccc(-c2cc(-c3ccccc3)nc(N3c4ccccc4C4(c5ccccc5-c5ccccc54)c4cc(N(c5ccccc5)c5ccccc5)ccc43)c2)cc1. The summed E-state index contributed by atoms with van der Waals surface area (Å²) >= 11 is 0. The number of rotatable bonds is 6. The molecular weight excluding hydrogens is 691 g/mol. The van der Waals surface area contributed by atoms with Crippen molar-refractivity contribution in [2.75, 3.05) is 9.80 Å². The van der Waals surface area contributed by atoms with E-state index in [-0.39, 0.29) is 0 Å². The molecule has 268 valence electrons. The maximum Gasteiger partial charge on any atom is 0.138 e. The number of nitrogens with zero attached hydrogens (tertiary/aromatic N) is 3. The number of hydrogen-bond donors (Lipinski definition) is 0. The maximum atomic E-state index is 5.52. The zero-order valence-corrected chi connectivity index (χ0v) is 31.2. The molecule has 11 rings (SSSR count). The number of fused-ring (bicyclic) bond motifs is 9. The van der Waals surface area contributed by atoms with Crippen molar-refractivity contribution in [1.82, 2.24) is 4.98 Å². The van der Waals surface area contributed by atoms with Gasteiger partial charge in [0.2, 0.25) is 0 Å². The Morgan fingerprint density at radius 1 is 0.351 bits per heavy atom. The Hall–Kier alpha value is -7.49. The van der Waals surface area contributed by atoms with Crippen LogP contribution >= 0.6 is 0 Å². The van der Waals surface area contributed by atoms with Crippen LogP contribution < -0.4 is 9.80 Å². The van der Waals surface area contributed by atoms with Crippen molar-refractivity contribution >= 4 is 34.3 Å². The van der Waals surface area contributed by atoms with Gasteiger partial charge in [-0.15, -0.1) is 0 Å². The predicted molar refractivity (Wildman–Crippen MR) is 235 cm³/mol. The van der Waals surface area contributed by atoms with E-state index in [1.807, 2.05) is 0 Å². The molecule has 2 heterocycles. The molecular formula is C54H37N3. The molecule has 1 aliphatic heterocycles. The van der Waals surface area contributed by atoms with Crippen molar-refractivity contribution in [3.8, 4) is 33.5 Å². The van der Waals surface area contributed by atoms with Gasteiger partial charge in [-0.3, -0.25) is 4.90 Å². The van der Waals surface area contributed by atoms with Gasteiger partial charge in [-0.05, 0) is 105 Å². The molecule has 1 aromatic heterocycles. The first kappa shape index (κ1) is 32.9. The molecule has 57 heavy (non-hydrogen) atoms. The lowest BCUT2D eigenvalue weighted by molar-refractivity contribution is 0.751. The molecule has 0 fully saturated rings. The predicted octanol–water partition coefficient (Wildman–Crippen LogP) is 14.0. The first-order chi connectivity index (χ1) is 28.3. The summed E-state index contributed by atoms with van der Waals surface area (Å²) in [7, 11) is 0. The highest BCUT2D eigenvalue weighted by atomic mass is 15.2. The summed E-state index contributed by atoms with van der Waals surface area (Å²) in [5.41, 5.74) is 16.7. The number of aromatic nitrogens is 1. The third-order valence-corrected chi connectivity index (χ3v) is 11.6. The summed E-state index contributed by atoms with van der Waals surface area (Å²) in [5.74, 6) is 0.869. The van der Waals surface area contributed by atoms with Gasteiger partial charge in [-0.2, -0.15) is 0 Å². The molecule has 8 aromatic carbocycles. The first-order valence-electron chi connectivity index (χ1n) is 19.6. The molecule has 0 saturated heterocycles. The summed E-state index contributed by atoms with van der Waals surface area (Å²) in [5, 5.41) is 0. The van der Waals surface area contributed by atoms with Gasteiger partial charge in [0.25, 0.3) is 0 Å². The highest BCUT2D eigenvalue weighted by molar-refractivity contribution is 5.97. The molecule has 0 bridgehead atoms. The Labute approximate surface area is 333 Å². The highest BCUT2D eigenvalue weighted by Gasteiger charge is 2.52. The molecule has 1 spiro atoms. The van der Waals surface area contributed by atoms with E-state index in [0.29, 0.717) is 0 Å². The van der Waals surface area contributed by atoms with Crippen LogP contribution in [0.4, 0.5) is 34.3 Å². The van der Waals surface area contributed by atoms with E-state index >= 15 is 0 Å². The number of benzene rings is 8. The molecule has 9 aromatic rings. The second-order valence-electron chi connectivity index (χ2n) is 14.7. The minimum atomic E-state index is -0.593. The summed E-state index contributed by atoms with van der Waals surface area (Å²) in [4.78, 5) is 10.3. The van der Waals surface area contributed by atoms with Gasteiger partial charge < -0.3 is 4.90 Å². The van der Waals surface area contributed by atoms with Gasteiger partial charge >= 0.3 is 0 Å². The van der Waals surface area contributed by atoms with E-state index in [1.54, 1.807) is 0 Å². The lowest BCUT2D eigenvalue weighted by Crippen LogP contribution is -2.36. The Kier molecular flexibility index (Phi) is 7.71. The third kappa shape index (κ3) is 5.17. The largest absolute Gasteiger partial charge is 0.310 e. The normalized spacial score (nSPS) is 13.0. The molecule has 2 aliphatic rings. The second-order valence-corrected chi connectivity index (χ2v) is 14.7. The minimum absolute atomic E-state index is 0.593. The number of hydrogen-bond acceptors (Lipinski definition) is 3. The molecule has 0 saturated carbocycles. The second kappa shape index (κ2) is 13.4. The van der Waals surface area contributed by atoms with E-state index in [1.165, 1.54) is 33.4 Å². The molecule has 0 atom stereocenters. The fourth-order valence-electron chi connectivity index (χ4n) is 9.27. The third-order valence-electron chi connectivity index (χ3n) is 11.6. The Bertz CT molecular complexity index is 2760. The summed E-state index contributed by atoms with van der Waals surface area (Å²) in [6, 6.07) is 81.0. The monoisotopic (exact) mass is 727 g/mol. The smallest absolute Gasteiger partial charge is 0.138 e. The topological polar surface area (TPSA) is 19.4 Å². The van der Waals surface area contributed by atoms with Crippen LogP contribution in [0.3, 0.4) is 0 Å². The Morgan fingerprint density at radius 2 is 0.842 bits per heavy atom. The number of pyridine rings is 1. The van der Waals surface area contributed by atoms with Crippen LogP contribution in [0.2, 0.25) is 0 Å². The lowest BCUT2D eigenvalue weighted by Gasteiger charge is -2.45. The zero-order valence-electron chi connectivity index (χ0n) is 31.2. The van der Waals surface area contributed by atoms with Crippen LogP contribution in [0.5, 0.6) is 0 Å². The van der Waals surface area contributed by atoms with Gasteiger partial charge in [0.15, 0.2) is 0 Å². The van der Waals surface area contributed by atoms with Crippen LogP contribution in [-0.4, -0.2) is 4.98 Å². The number of anilines is 6. The standard InChI is InChI=1S/C54H37N3/c1-5-19-38(20-6-1)40-35-50(39-21-7-2-8-22-39)55-53(36-40)57-51-32-18-17-31-48(51)54(46-29-15-13-27-44(46)45-28-14-16-30-47(45)54)49-37-43(33-34-52(49)57)56(41-23-9-3-10-24-41)42-25-11-4-12-26-42/h1-37H. The van der Waals surface area contributed by atoms with Crippen molar-refractivity contribution in [1.29, 1.82) is 0 Å². The molecule has 3 nitrogen and oxygen atoms in total. The summed E-state index contributed by atoms with van der Waals surface area (Å²) in [6.45, 7) is 0. The minimum Gasteiger partial charge on any atom is -0.310 e. The molecule has 0 radical (unpaired) electrons. The lowest BCUT2D eigenvalue weighted by atomic mass is 9.64. The molecule has 1 aliphatic carbocycles. The number of para-hydroxylation sites is 3. The average Bonchev–Trinajstić information content (AvgIpc) is 3.59. The van der Waals surface area contributed by atoms with Gasteiger partial charge in [-0.25, -0.2) is 4.98 Å². The van der Waals surface area contributed by atoms with E-state index in [9.17, 15) is 0 Å². The van der Waals surface area contributed by atoms with Crippen LogP contribution in [0.15, 0.2) is 224 Å². The first-order valence-corrected chi connectivity index (χ1v) is 19.6. The van der Waals surface area contributed by atoms with Crippen LogP contribution in [0.1, 0.15) is 22.3 Å². The molecule has 0 N–H and O–H groups in total. The van der Waals surface area contributed by atoms with Crippen molar-refractivity contribution in [3.63, 3.8) is 0 Å². The van der Waals surface area contributed by atoms with Gasteiger partial charge in [0, 0.05) is 22.6 Å². The van der Waals surface area contributed by atoms with Crippen molar-refractivity contribution in [3.05, 3.63) is 247 Å². The molecule has 0 unspecified atom stereocenters. The molecule has 3 heteroatoms. The van der Waals surface area contributed by atoms with Gasteiger partial charge in [0.05, 0.1) is 22.5 Å². The highest BCUT2D eigenvalue weighted by Crippen LogP contribution is 2.64. The van der Waals surface area contributed by atoms with E-state index in [4.69, 9.17) is 4.98 Å². The van der Waals surface area contributed by atoms with Gasteiger partial charge in [-0.1, -0.05) is 164 Å². The van der Waals surface area contributed by atoms with Gasteiger partial charge in [0.1, 0.15) is 5.82 Å². The Morgan fingerprint density at radius 3 is 1.46 bits per heavy atom. The van der Waals surface area contributed by atoms with Crippen LogP contribution in [0.25, 0.3) is 33.5 Å². The summed E-state index contributed by atoms with van der Waals surface area (Å²) < 4.78 is 0. The van der Waals surface area contributed by atoms with E-state index in [2.05, 4.69) is 234 Å². The molecule has 0 amide bonds.